The van der Waals surface area contributed by atoms with Crippen molar-refractivity contribution in [1.29, 1.82) is 0 Å². The maximum atomic E-state index is 12.0. The van der Waals surface area contributed by atoms with E-state index in [1.54, 1.807) is 24.5 Å². The number of amides is 1. The van der Waals surface area contributed by atoms with E-state index in [-0.39, 0.29) is 17.9 Å². The highest BCUT2D eigenvalue weighted by molar-refractivity contribution is 5.79. The summed E-state index contributed by atoms with van der Waals surface area (Å²) >= 11 is 0. The SMILES string of the molecule is O=C(CCc1cc2ccccc2[nH]c1=O)NCCOc1cccnc1. The number of aromatic amines is 1. The van der Waals surface area contributed by atoms with Crippen molar-refractivity contribution in [2.45, 2.75) is 12.8 Å². The highest BCUT2D eigenvalue weighted by atomic mass is 16.5. The zero-order valence-corrected chi connectivity index (χ0v) is 13.7. The Labute approximate surface area is 144 Å². The number of hydrogen-bond acceptors (Lipinski definition) is 4. The van der Waals surface area contributed by atoms with Crippen LogP contribution in [0.3, 0.4) is 0 Å². The fourth-order valence-corrected chi connectivity index (χ4v) is 2.51. The van der Waals surface area contributed by atoms with Crippen molar-refractivity contribution in [3.05, 3.63) is 70.8 Å². The van der Waals surface area contributed by atoms with Gasteiger partial charge in [-0.25, -0.2) is 0 Å². The van der Waals surface area contributed by atoms with Gasteiger partial charge in [0.2, 0.25) is 5.91 Å². The Morgan fingerprint density at radius 2 is 2.08 bits per heavy atom. The number of aromatic nitrogens is 2. The summed E-state index contributed by atoms with van der Waals surface area (Å²) in [4.78, 5) is 30.7. The van der Waals surface area contributed by atoms with E-state index in [2.05, 4.69) is 15.3 Å². The molecule has 2 heterocycles. The minimum atomic E-state index is -0.147. The first-order chi connectivity index (χ1) is 12.2. The number of H-pyrrole nitrogens is 1. The van der Waals surface area contributed by atoms with Gasteiger partial charge in [0.25, 0.3) is 5.56 Å². The molecular formula is C19H19N3O3. The van der Waals surface area contributed by atoms with E-state index < -0.39 is 0 Å². The average Bonchev–Trinajstić information content (AvgIpc) is 2.64. The van der Waals surface area contributed by atoms with Crippen LogP contribution in [-0.4, -0.2) is 29.0 Å². The molecule has 2 N–H and O–H groups in total. The molecule has 128 valence electrons. The highest BCUT2D eigenvalue weighted by Crippen LogP contribution is 2.11. The maximum absolute atomic E-state index is 12.0. The molecule has 0 unspecified atom stereocenters. The molecule has 0 saturated carbocycles. The van der Waals surface area contributed by atoms with Crippen molar-refractivity contribution in [2.24, 2.45) is 0 Å². The molecule has 25 heavy (non-hydrogen) atoms. The van der Waals surface area contributed by atoms with Crippen LogP contribution in [0.2, 0.25) is 0 Å². The van der Waals surface area contributed by atoms with E-state index in [1.165, 1.54) is 0 Å². The molecule has 3 rings (SSSR count). The summed E-state index contributed by atoms with van der Waals surface area (Å²) in [5, 5.41) is 3.74. The van der Waals surface area contributed by atoms with Crippen LogP contribution in [0.1, 0.15) is 12.0 Å². The van der Waals surface area contributed by atoms with E-state index in [0.717, 1.165) is 10.9 Å². The van der Waals surface area contributed by atoms with Crippen LogP contribution < -0.4 is 15.6 Å². The highest BCUT2D eigenvalue weighted by Gasteiger charge is 2.06. The average molecular weight is 337 g/mol. The molecule has 0 aliphatic rings. The van der Waals surface area contributed by atoms with Crippen molar-refractivity contribution in [2.75, 3.05) is 13.2 Å². The smallest absolute Gasteiger partial charge is 0.251 e. The largest absolute Gasteiger partial charge is 0.490 e. The fraction of sp³-hybridized carbons (Fsp3) is 0.211. The number of ether oxygens (including phenoxy) is 1. The second kappa shape index (κ2) is 8.10. The lowest BCUT2D eigenvalue weighted by molar-refractivity contribution is -0.121. The second-order valence-corrected chi connectivity index (χ2v) is 5.60. The van der Waals surface area contributed by atoms with Crippen LogP contribution in [-0.2, 0) is 11.2 Å². The van der Waals surface area contributed by atoms with Crippen LogP contribution in [0.25, 0.3) is 10.9 Å². The monoisotopic (exact) mass is 337 g/mol. The standard InChI is InChI=1S/C19H19N3O3/c23-18(21-10-11-25-16-5-3-9-20-13-16)8-7-15-12-14-4-1-2-6-17(14)22-19(15)24/h1-6,9,12-13H,7-8,10-11H2,(H,21,23)(H,22,24). The molecule has 0 saturated heterocycles. The number of nitrogens with zero attached hydrogens (tertiary/aromatic N) is 1. The third-order valence-electron chi connectivity index (χ3n) is 3.78. The number of rotatable bonds is 7. The molecular weight excluding hydrogens is 318 g/mol. The number of nitrogens with one attached hydrogen (secondary N) is 2. The van der Waals surface area contributed by atoms with Crippen LogP contribution in [0.15, 0.2) is 59.7 Å². The van der Waals surface area contributed by atoms with E-state index in [0.29, 0.717) is 30.9 Å². The number of carbonyl (C=O) groups excluding carboxylic acids is 1. The van der Waals surface area contributed by atoms with Crippen molar-refractivity contribution < 1.29 is 9.53 Å². The van der Waals surface area contributed by atoms with Gasteiger partial charge in [-0.15, -0.1) is 0 Å². The number of para-hydroxylation sites is 1. The maximum Gasteiger partial charge on any atom is 0.251 e. The van der Waals surface area contributed by atoms with Gasteiger partial charge < -0.3 is 15.0 Å². The Bertz CT molecular complexity index is 906. The molecule has 3 aromatic rings. The zero-order chi connectivity index (χ0) is 17.5. The molecule has 0 fully saturated rings. The molecule has 0 aliphatic heterocycles. The lowest BCUT2D eigenvalue weighted by Crippen LogP contribution is -2.28. The number of hydrogen-bond donors (Lipinski definition) is 2. The van der Waals surface area contributed by atoms with Crippen molar-refractivity contribution in [1.82, 2.24) is 15.3 Å². The normalized spacial score (nSPS) is 10.6. The van der Waals surface area contributed by atoms with E-state index in [1.807, 2.05) is 30.3 Å². The topological polar surface area (TPSA) is 84.1 Å². The van der Waals surface area contributed by atoms with Gasteiger partial charge in [-0.2, -0.15) is 0 Å². The first-order valence-electron chi connectivity index (χ1n) is 8.13. The predicted molar refractivity (Wildman–Crippen MR) is 95.6 cm³/mol. The van der Waals surface area contributed by atoms with Gasteiger partial charge in [-0.05, 0) is 36.1 Å². The quantitative estimate of drug-likeness (QED) is 0.646. The van der Waals surface area contributed by atoms with Gasteiger partial charge in [-0.3, -0.25) is 14.6 Å². The summed E-state index contributed by atoms with van der Waals surface area (Å²) < 4.78 is 5.45. The molecule has 0 aliphatic carbocycles. The van der Waals surface area contributed by atoms with E-state index in [4.69, 9.17) is 4.74 Å². The summed E-state index contributed by atoms with van der Waals surface area (Å²) in [5.74, 6) is 0.557. The van der Waals surface area contributed by atoms with Crippen LogP contribution in [0.5, 0.6) is 5.75 Å². The van der Waals surface area contributed by atoms with Crippen molar-refractivity contribution in [3.8, 4) is 5.75 Å². The van der Waals surface area contributed by atoms with Gasteiger partial charge in [-0.1, -0.05) is 18.2 Å². The van der Waals surface area contributed by atoms with Gasteiger partial charge >= 0.3 is 0 Å². The first kappa shape index (κ1) is 16.7. The summed E-state index contributed by atoms with van der Waals surface area (Å²) in [6.07, 6.45) is 3.95. The summed E-state index contributed by atoms with van der Waals surface area (Å²) in [7, 11) is 0. The fourth-order valence-electron chi connectivity index (χ4n) is 2.51. The molecule has 2 aromatic heterocycles. The number of pyridine rings is 2. The minimum absolute atomic E-state index is 0.109. The van der Waals surface area contributed by atoms with Crippen molar-refractivity contribution in [3.63, 3.8) is 0 Å². The van der Waals surface area contributed by atoms with Crippen LogP contribution in [0, 0.1) is 0 Å². The molecule has 1 aromatic carbocycles. The predicted octanol–water partition coefficient (Wildman–Crippen LogP) is 2.05. The van der Waals surface area contributed by atoms with Crippen LogP contribution >= 0.6 is 0 Å². The van der Waals surface area contributed by atoms with Gasteiger partial charge in [0.1, 0.15) is 12.4 Å². The molecule has 0 spiro atoms. The number of carbonyl (C=O) groups is 1. The number of fused-ring (bicyclic) bond motifs is 1. The molecule has 6 heteroatoms. The zero-order valence-electron chi connectivity index (χ0n) is 13.7. The molecule has 1 amide bonds. The van der Waals surface area contributed by atoms with E-state index in [9.17, 15) is 9.59 Å². The molecule has 0 atom stereocenters. The molecule has 0 radical (unpaired) electrons. The van der Waals surface area contributed by atoms with Gasteiger partial charge in [0, 0.05) is 23.7 Å². The van der Waals surface area contributed by atoms with Crippen molar-refractivity contribution >= 4 is 16.8 Å². The van der Waals surface area contributed by atoms with Gasteiger partial charge in [0.05, 0.1) is 12.7 Å². The lowest BCUT2D eigenvalue weighted by Gasteiger charge is -2.07. The number of benzene rings is 1. The Hall–Kier alpha value is -3.15. The first-order valence-corrected chi connectivity index (χ1v) is 8.13. The Morgan fingerprint density at radius 1 is 1.20 bits per heavy atom. The lowest BCUT2D eigenvalue weighted by atomic mass is 10.1. The minimum Gasteiger partial charge on any atom is -0.490 e. The molecule has 0 bridgehead atoms. The molecule has 6 nitrogen and oxygen atoms in total. The summed E-state index contributed by atoms with van der Waals surface area (Å²) in [6, 6.07) is 13.0. The van der Waals surface area contributed by atoms with E-state index >= 15 is 0 Å². The third kappa shape index (κ3) is 4.67. The third-order valence-corrected chi connectivity index (χ3v) is 3.78. The van der Waals surface area contributed by atoms with Crippen LogP contribution in [0.4, 0.5) is 0 Å². The van der Waals surface area contributed by atoms with Gasteiger partial charge in [0.15, 0.2) is 0 Å². The Kier molecular flexibility index (Phi) is 5.41. The summed E-state index contributed by atoms with van der Waals surface area (Å²) in [6.45, 7) is 0.774. The Balaban J connectivity index is 1.46. The number of aryl methyl sites for hydroxylation is 1. The second-order valence-electron chi connectivity index (χ2n) is 5.60. The summed E-state index contributed by atoms with van der Waals surface area (Å²) in [5.41, 5.74) is 1.26. The Morgan fingerprint density at radius 3 is 2.92 bits per heavy atom.